The van der Waals surface area contributed by atoms with Crippen LogP contribution in [-0.4, -0.2) is 28.9 Å². The third-order valence-corrected chi connectivity index (χ3v) is 4.30. The van der Waals surface area contributed by atoms with E-state index in [-0.39, 0.29) is 5.91 Å². The largest absolute Gasteiger partial charge is 0.338 e. The summed E-state index contributed by atoms with van der Waals surface area (Å²) in [5.74, 6) is 1.47. The zero-order valence-corrected chi connectivity index (χ0v) is 10.4. The number of likely N-dealkylation sites (tertiary alicyclic amines) is 1. The number of carbonyl (C=O) groups is 1. The Bertz CT molecular complexity index is 437. The molecule has 1 aromatic rings. The van der Waals surface area contributed by atoms with Crippen molar-refractivity contribution in [3.05, 3.63) is 29.0 Å². The topological polar surface area (TPSA) is 33.2 Å². The van der Waals surface area contributed by atoms with Crippen LogP contribution in [0.1, 0.15) is 29.6 Å². The monoisotopic (exact) mass is 250 g/mol. The SMILES string of the molecule is O=C(c1cccnc1Cl)N1CC2CCCC2C1. The molecule has 0 N–H and O–H groups in total. The van der Waals surface area contributed by atoms with Gasteiger partial charge >= 0.3 is 0 Å². The van der Waals surface area contributed by atoms with E-state index in [1.807, 2.05) is 4.90 Å². The van der Waals surface area contributed by atoms with Gasteiger partial charge in [-0.1, -0.05) is 18.0 Å². The lowest BCUT2D eigenvalue weighted by atomic mass is 10.0. The minimum atomic E-state index is 0.0394. The molecule has 0 spiro atoms. The molecule has 2 unspecified atom stereocenters. The zero-order chi connectivity index (χ0) is 11.8. The number of carbonyl (C=O) groups excluding carboxylic acids is 1. The van der Waals surface area contributed by atoms with Crippen LogP contribution in [-0.2, 0) is 0 Å². The maximum atomic E-state index is 12.3. The van der Waals surface area contributed by atoms with E-state index in [1.54, 1.807) is 18.3 Å². The first-order valence-electron chi connectivity index (χ1n) is 6.15. The van der Waals surface area contributed by atoms with Crippen LogP contribution < -0.4 is 0 Å². The standard InChI is InChI=1S/C13H15ClN2O/c14-12-11(5-2-6-15-12)13(17)16-7-9-3-1-4-10(9)8-16/h2,5-6,9-10H,1,3-4,7-8H2. The molecule has 90 valence electrons. The van der Waals surface area contributed by atoms with E-state index in [9.17, 15) is 4.79 Å². The number of hydrogen-bond acceptors (Lipinski definition) is 2. The molecular formula is C13H15ClN2O. The van der Waals surface area contributed by atoms with Crippen molar-refractivity contribution in [2.24, 2.45) is 11.8 Å². The number of halogens is 1. The van der Waals surface area contributed by atoms with E-state index >= 15 is 0 Å². The van der Waals surface area contributed by atoms with E-state index in [4.69, 9.17) is 11.6 Å². The molecule has 3 nitrogen and oxygen atoms in total. The van der Waals surface area contributed by atoms with Gasteiger partial charge in [0.05, 0.1) is 5.56 Å². The lowest BCUT2D eigenvalue weighted by Crippen LogP contribution is -2.29. The number of nitrogens with zero attached hydrogens (tertiary/aromatic N) is 2. The van der Waals surface area contributed by atoms with Crippen molar-refractivity contribution in [3.63, 3.8) is 0 Å². The normalized spacial score (nSPS) is 27.2. The third kappa shape index (κ3) is 1.93. The van der Waals surface area contributed by atoms with Gasteiger partial charge in [0.15, 0.2) is 0 Å². The molecule has 1 amide bonds. The molecule has 1 aromatic heterocycles. The smallest absolute Gasteiger partial charge is 0.257 e. The van der Waals surface area contributed by atoms with Crippen molar-refractivity contribution >= 4 is 17.5 Å². The summed E-state index contributed by atoms with van der Waals surface area (Å²) in [6, 6.07) is 3.52. The number of rotatable bonds is 1. The second-order valence-corrected chi connectivity index (χ2v) is 5.36. The second-order valence-electron chi connectivity index (χ2n) is 5.00. The van der Waals surface area contributed by atoms with Gasteiger partial charge in [-0.25, -0.2) is 4.98 Å². The van der Waals surface area contributed by atoms with Gasteiger partial charge in [0.1, 0.15) is 5.15 Å². The Hall–Kier alpha value is -1.09. The Kier molecular flexibility index (Phi) is 2.79. The molecule has 1 saturated carbocycles. The lowest BCUT2D eigenvalue weighted by Gasteiger charge is -2.17. The Balaban J connectivity index is 1.78. The van der Waals surface area contributed by atoms with Crippen molar-refractivity contribution in [2.75, 3.05) is 13.1 Å². The Morgan fingerprint density at radius 2 is 2.06 bits per heavy atom. The van der Waals surface area contributed by atoms with Crippen molar-refractivity contribution < 1.29 is 4.79 Å². The predicted molar refractivity (Wildman–Crippen MR) is 66.0 cm³/mol. The molecular weight excluding hydrogens is 236 g/mol. The highest BCUT2D eigenvalue weighted by atomic mass is 35.5. The molecule has 0 bridgehead atoms. The van der Waals surface area contributed by atoms with Crippen LogP contribution in [0, 0.1) is 11.8 Å². The molecule has 3 rings (SSSR count). The predicted octanol–water partition coefficient (Wildman–Crippen LogP) is 2.61. The molecule has 1 saturated heterocycles. The van der Waals surface area contributed by atoms with Gasteiger partial charge in [0.25, 0.3) is 5.91 Å². The summed E-state index contributed by atoms with van der Waals surface area (Å²) in [6.07, 6.45) is 5.48. The average molecular weight is 251 g/mol. The first-order chi connectivity index (χ1) is 8.25. The number of hydrogen-bond donors (Lipinski definition) is 0. The van der Waals surface area contributed by atoms with E-state index < -0.39 is 0 Å². The molecule has 2 atom stereocenters. The average Bonchev–Trinajstić information content (AvgIpc) is 2.88. The summed E-state index contributed by atoms with van der Waals surface area (Å²) in [7, 11) is 0. The fourth-order valence-electron chi connectivity index (χ4n) is 3.12. The lowest BCUT2D eigenvalue weighted by molar-refractivity contribution is 0.0780. The highest BCUT2D eigenvalue weighted by Crippen LogP contribution is 2.38. The van der Waals surface area contributed by atoms with Gasteiger partial charge < -0.3 is 4.90 Å². The van der Waals surface area contributed by atoms with Gasteiger partial charge in [-0.15, -0.1) is 0 Å². The highest BCUT2D eigenvalue weighted by molar-refractivity contribution is 6.32. The van der Waals surface area contributed by atoms with Crippen LogP contribution in [0.25, 0.3) is 0 Å². The molecule has 2 heterocycles. The molecule has 1 aliphatic heterocycles. The molecule has 17 heavy (non-hydrogen) atoms. The van der Waals surface area contributed by atoms with Crippen LogP contribution in [0.2, 0.25) is 5.15 Å². The second kappa shape index (κ2) is 4.30. The van der Waals surface area contributed by atoms with Gasteiger partial charge in [-0.05, 0) is 36.8 Å². The molecule has 4 heteroatoms. The third-order valence-electron chi connectivity index (χ3n) is 4.00. The van der Waals surface area contributed by atoms with Crippen LogP contribution in [0.15, 0.2) is 18.3 Å². The molecule has 0 aromatic carbocycles. The van der Waals surface area contributed by atoms with E-state index in [0.29, 0.717) is 10.7 Å². The van der Waals surface area contributed by atoms with Gasteiger partial charge in [0, 0.05) is 19.3 Å². The van der Waals surface area contributed by atoms with Crippen LogP contribution in [0.4, 0.5) is 0 Å². The summed E-state index contributed by atoms with van der Waals surface area (Å²) in [4.78, 5) is 18.2. The maximum absolute atomic E-state index is 12.3. The van der Waals surface area contributed by atoms with Gasteiger partial charge in [-0.3, -0.25) is 4.79 Å². The zero-order valence-electron chi connectivity index (χ0n) is 9.60. The van der Waals surface area contributed by atoms with Crippen LogP contribution >= 0.6 is 11.6 Å². The van der Waals surface area contributed by atoms with Crippen LogP contribution in [0.5, 0.6) is 0 Å². The minimum Gasteiger partial charge on any atom is -0.338 e. The van der Waals surface area contributed by atoms with Crippen molar-refractivity contribution in [1.82, 2.24) is 9.88 Å². The van der Waals surface area contributed by atoms with E-state index in [0.717, 1.165) is 24.9 Å². The Morgan fingerprint density at radius 3 is 2.71 bits per heavy atom. The van der Waals surface area contributed by atoms with E-state index in [1.165, 1.54) is 19.3 Å². The summed E-state index contributed by atoms with van der Waals surface area (Å²) in [5, 5.41) is 0.314. The summed E-state index contributed by atoms with van der Waals surface area (Å²) in [5.41, 5.74) is 0.536. The van der Waals surface area contributed by atoms with E-state index in [2.05, 4.69) is 4.98 Å². The van der Waals surface area contributed by atoms with Crippen LogP contribution in [0.3, 0.4) is 0 Å². The quantitative estimate of drug-likeness (QED) is 0.718. The maximum Gasteiger partial charge on any atom is 0.257 e. The first kappa shape index (κ1) is 11.0. The summed E-state index contributed by atoms with van der Waals surface area (Å²) in [6.45, 7) is 1.80. The number of amides is 1. The highest BCUT2D eigenvalue weighted by Gasteiger charge is 2.38. The number of pyridine rings is 1. The summed E-state index contributed by atoms with van der Waals surface area (Å²) < 4.78 is 0. The van der Waals surface area contributed by atoms with Gasteiger partial charge in [0.2, 0.25) is 0 Å². The first-order valence-corrected chi connectivity index (χ1v) is 6.53. The van der Waals surface area contributed by atoms with Crippen molar-refractivity contribution in [2.45, 2.75) is 19.3 Å². The fraction of sp³-hybridized carbons (Fsp3) is 0.538. The molecule has 1 aliphatic carbocycles. The molecule has 2 fully saturated rings. The van der Waals surface area contributed by atoms with Gasteiger partial charge in [-0.2, -0.15) is 0 Å². The summed E-state index contributed by atoms with van der Waals surface area (Å²) >= 11 is 5.96. The number of aromatic nitrogens is 1. The van der Waals surface area contributed by atoms with Crippen molar-refractivity contribution in [3.8, 4) is 0 Å². The van der Waals surface area contributed by atoms with Crippen molar-refractivity contribution in [1.29, 1.82) is 0 Å². The molecule has 0 radical (unpaired) electrons. The molecule has 2 aliphatic rings. The fourth-order valence-corrected chi connectivity index (χ4v) is 3.32. The number of fused-ring (bicyclic) bond motifs is 1. The Morgan fingerprint density at radius 1 is 1.35 bits per heavy atom. The Labute approximate surface area is 106 Å². The minimum absolute atomic E-state index is 0.0394.